The first kappa shape index (κ1) is 20.6. The van der Waals surface area contributed by atoms with Crippen molar-refractivity contribution in [2.24, 2.45) is 5.92 Å². The Balaban J connectivity index is 1.81. The molecule has 2 heterocycles. The van der Waals surface area contributed by atoms with Crippen LogP contribution in [0.1, 0.15) is 50.1 Å². The summed E-state index contributed by atoms with van der Waals surface area (Å²) in [6.07, 6.45) is 0.913. The second-order valence-electron chi connectivity index (χ2n) is 8.58. The van der Waals surface area contributed by atoms with Crippen LogP contribution in [0.25, 0.3) is 0 Å². The summed E-state index contributed by atoms with van der Waals surface area (Å²) in [6.45, 7) is 11.4. The topological polar surface area (TPSA) is 81.5 Å². The minimum Gasteiger partial charge on any atom is -0.394 e. The van der Waals surface area contributed by atoms with Gasteiger partial charge in [0.15, 0.2) is 0 Å². The number of fused-ring (bicyclic) bond motifs is 1. The molecule has 0 amide bonds. The summed E-state index contributed by atoms with van der Waals surface area (Å²) >= 11 is 0. The van der Waals surface area contributed by atoms with Crippen molar-refractivity contribution in [2.45, 2.75) is 59.2 Å². The quantitative estimate of drug-likeness (QED) is 0.710. The largest absolute Gasteiger partial charge is 0.394 e. The van der Waals surface area contributed by atoms with Crippen LogP contribution in [0.3, 0.4) is 0 Å². The summed E-state index contributed by atoms with van der Waals surface area (Å²) in [4.78, 5) is 11.5. The molecule has 3 rings (SSSR count). The summed E-state index contributed by atoms with van der Waals surface area (Å²) in [5, 5.41) is 23.1. The Labute approximate surface area is 167 Å². The molecular weight excluding hydrogens is 352 g/mol. The zero-order valence-corrected chi connectivity index (χ0v) is 17.5. The SMILES string of the molecule is Cc1cc(N2CCc3cc(C(C)(C)O)ccc3C2)nc(N[C@@H](CO)C(C)C)n1. The number of nitrogens with zero attached hydrogens (tertiary/aromatic N) is 3. The third-order valence-electron chi connectivity index (χ3n) is 5.41. The van der Waals surface area contributed by atoms with Gasteiger partial charge in [0.25, 0.3) is 0 Å². The van der Waals surface area contributed by atoms with Crippen LogP contribution in [0, 0.1) is 12.8 Å². The van der Waals surface area contributed by atoms with Crippen molar-refractivity contribution in [1.82, 2.24) is 9.97 Å². The molecule has 6 heteroatoms. The molecule has 0 saturated carbocycles. The highest BCUT2D eigenvalue weighted by Gasteiger charge is 2.23. The van der Waals surface area contributed by atoms with Crippen LogP contribution < -0.4 is 10.2 Å². The molecule has 0 spiro atoms. The van der Waals surface area contributed by atoms with E-state index in [-0.39, 0.29) is 18.6 Å². The maximum Gasteiger partial charge on any atom is 0.225 e. The molecule has 0 saturated heterocycles. The van der Waals surface area contributed by atoms with Gasteiger partial charge in [0.05, 0.1) is 18.2 Å². The smallest absolute Gasteiger partial charge is 0.225 e. The summed E-state index contributed by atoms with van der Waals surface area (Å²) in [7, 11) is 0. The van der Waals surface area contributed by atoms with E-state index in [1.54, 1.807) is 0 Å². The van der Waals surface area contributed by atoms with E-state index in [0.717, 1.165) is 36.6 Å². The Morgan fingerprint density at radius 2 is 1.93 bits per heavy atom. The third kappa shape index (κ3) is 4.62. The molecule has 1 atom stereocenters. The van der Waals surface area contributed by atoms with Crippen molar-refractivity contribution >= 4 is 11.8 Å². The lowest BCUT2D eigenvalue weighted by atomic mass is 9.91. The Hall–Kier alpha value is -2.18. The molecule has 1 aliphatic rings. The number of benzene rings is 1. The lowest BCUT2D eigenvalue weighted by Crippen LogP contribution is -2.33. The van der Waals surface area contributed by atoms with Gasteiger partial charge in [-0.3, -0.25) is 0 Å². The van der Waals surface area contributed by atoms with Gasteiger partial charge in [0, 0.05) is 24.8 Å². The van der Waals surface area contributed by atoms with Crippen LogP contribution in [-0.2, 0) is 18.6 Å². The van der Waals surface area contributed by atoms with Gasteiger partial charge >= 0.3 is 0 Å². The highest BCUT2D eigenvalue weighted by atomic mass is 16.3. The number of aliphatic hydroxyl groups excluding tert-OH is 1. The first-order valence-electron chi connectivity index (χ1n) is 10.00. The fourth-order valence-electron chi connectivity index (χ4n) is 3.50. The zero-order chi connectivity index (χ0) is 20.5. The minimum absolute atomic E-state index is 0.0466. The first-order valence-corrected chi connectivity index (χ1v) is 10.00. The van der Waals surface area contributed by atoms with E-state index in [9.17, 15) is 10.2 Å². The van der Waals surface area contributed by atoms with Crippen molar-refractivity contribution in [3.05, 3.63) is 46.6 Å². The Morgan fingerprint density at radius 3 is 2.57 bits per heavy atom. The Kier molecular flexibility index (Phi) is 5.91. The van der Waals surface area contributed by atoms with Gasteiger partial charge in [-0.05, 0) is 49.8 Å². The number of hydrogen-bond donors (Lipinski definition) is 3. The predicted octanol–water partition coefficient (Wildman–Crippen LogP) is 3.00. The number of aryl methyl sites for hydroxylation is 1. The first-order chi connectivity index (χ1) is 13.2. The van der Waals surface area contributed by atoms with Crippen molar-refractivity contribution < 1.29 is 10.2 Å². The van der Waals surface area contributed by atoms with E-state index in [4.69, 9.17) is 4.98 Å². The highest BCUT2D eigenvalue weighted by molar-refractivity contribution is 5.49. The number of aliphatic hydroxyl groups is 2. The molecule has 3 N–H and O–H groups in total. The molecule has 0 bridgehead atoms. The number of nitrogens with one attached hydrogen (secondary N) is 1. The molecule has 152 valence electrons. The number of aromatic nitrogens is 2. The fraction of sp³-hybridized carbons (Fsp3) is 0.545. The maximum absolute atomic E-state index is 10.3. The van der Waals surface area contributed by atoms with Gasteiger partial charge in [-0.1, -0.05) is 32.0 Å². The van der Waals surface area contributed by atoms with E-state index < -0.39 is 5.60 Å². The summed E-state index contributed by atoms with van der Waals surface area (Å²) < 4.78 is 0. The molecule has 0 unspecified atom stereocenters. The van der Waals surface area contributed by atoms with E-state index in [1.807, 2.05) is 32.9 Å². The van der Waals surface area contributed by atoms with Crippen molar-refractivity contribution in [3.63, 3.8) is 0 Å². The second-order valence-corrected chi connectivity index (χ2v) is 8.58. The van der Waals surface area contributed by atoms with Crippen molar-refractivity contribution in [3.8, 4) is 0 Å². The molecule has 6 nitrogen and oxygen atoms in total. The molecule has 1 aromatic carbocycles. The summed E-state index contributed by atoms with van der Waals surface area (Å²) in [6, 6.07) is 8.18. The zero-order valence-electron chi connectivity index (χ0n) is 17.5. The Bertz CT molecular complexity index is 830. The van der Waals surface area contributed by atoms with Crippen LogP contribution in [-0.4, -0.2) is 39.4 Å². The van der Waals surface area contributed by atoms with Gasteiger partial charge in [-0.2, -0.15) is 4.98 Å². The van der Waals surface area contributed by atoms with Crippen LogP contribution in [0.4, 0.5) is 11.8 Å². The van der Waals surface area contributed by atoms with E-state index in [2.05, 4.69) is 41.2 Å². The third-order valence-corrected chi connectivity index (χ3v) is 5.41. The number of anilines is 2. The van der Waals surface area contributed by atoms with Gasteiger partial charge in [-0.15, -0.1) is 0 Å². The molecule has 0 aliphatic carbocycles. The van der Waals surface area contributed by atoms with E-state index >= 15 is 0 Å². The maximum atomic E-state index is 10.3. The molecular formula is C22H32N4O2. The van der Waals surface area contributed by atoms with E-state index in [0.29, 0.717) is 5.95 Å². The average molecular weight is 385 g/mol. The predicted molar refractivity (Wildman–Crippen MR) is 113 cm³/mol. The van der Waals surface area contributed by atoms with Gasteiger partial charge < -0.3 is 20.4 Å². The molecule has 2 aromatic rings. The number of hydrogen-bond acceptors (Lipinski definition) is 6. The molecule has 0 fully saturated rings. The monoisotopic (exact) mass is 384 g/mol. The molecule has 1 aromatic heterocycles. The normalized spacial score (nSPS) is 15.5. The fourth-order valence-corrected chi connectivity index (χ4v) is 3.50. The van der Waals surface area contributed by atoms with Crippen LogP contribution in [0.5, 0.6) is 0 Å². The second kappa shape index (κ2) is 8.05. The summed E-state index contributed by atoms with van der Waals surface area (Å²) in [5.74, 6) is 1.74. The van der Waals surface area contributed by atoms with E-state index in [1.165, 1.54) is 11.1 Å². The molecule has 0 radical (unpaired) electrons. The highest BCUT2D eigenvalue weighted by Crippen LogP contribution is 2.28. The molecule has 28 heavy (non-hydrogen) atoms. The lowest BCUT2D eigenvalue weighted by molar-refractivity contribution is 0.0785. The Morgan fingerprint density at radius 1 is 1.18 bits per heavy atom. The van der Waals surface area contributed by atoms with Gasteiger partial charge in [0.1, 0.15) is 5.82 Å². The lowest BCUT2D eigenvalue weighted by Gasteiger charge is -2.31. The van der Waals surface area contributed by atoms with Crippen LogP contribution >= 0.6 is 0 Å². The van der Waals surface area contributed by atoms with Crippen LogP contribution in [0.15, 0.2) is 24.3 Å². The van der Waals surface area contributed by atoms with Crippen molar-refractivity contribution in [2.75, 3.05) is 23.4 Å². The average Bonchev–Trinajstić information content (AvgIpc) is 2.63. The van der Waals surface area contributed by atoms with Gasteiger partial charge in [0.2, 0.25) is 5.95 Å². The standard InChI is InChI=1S/C22H32N4O2/c1-14(2)19(13-27)24-21-23-15(3)10-20(25-21)26-9-8-16-11-18(22(4,5)28)7-6-17(16)12-26/h6-7,10-11,14,19,27-28H,8-9,12-13H2,1-5H3,(H,23,24,25)/t19-/m0/s1. The van der Waals surface area contributed by atoms with Gasteiger partial charge in [-0.25, -0.2) is 4.98 Å². The molecule has 1 aliphatic heterocycles. The van der Waals surface area contributed by atoms with Crippen molar-refractivity contribution in [1.29, 1.82) is 0 Å². The van der Waals surface area contributed by atoms with Crippen LogP contribution in [0.2, 0.25) is 0 Å². The summed E-state index contributed by atoms with van der Waals surface area (Å²) in [5.41, 5.74) is 3.58. The number of rotatable bonds is 6. The minimum atomic E-state index is -0.823.